The molecule has 0 spiro atoms. The minimum absolute atomic E-state index is 0.0409. The number of amides is 1. The zero-order chi connectivity index (χ0) is 11.8. The SMILES string of the molecule is CCCOCCC(=O)Nc1ccc(N)cc1. The highest BCUT2D eigenvalue weighted by Gasteiger charge is 2.01. The van der Waals surface area contributed by atoms with Crippen LogP contribution in [0.15, 0.2) is 24.3 Å². The number of carbonyl (C=O) groups is 1. The normalized spacial score (nSPS) is 10.1. The van der Waals surface area contributed by atoms with Gasteiger partial charge in [-0.25, -0.2) is 0 Å². The van der Waals surface area contributed by atoms with Crippen molar-refractivity contribution >= 4 is 17.3 Å². The molecule has 88 valence electrons. The fraction of sp³-hybridized carbons (Fsp3) is 0.417. The van der Waals surface area contributed by atoms with Crippen LogP contribution in [0.5, 0.6) is 0 Å². The molecule has 3 N–H and O–H groups in total. The summed E-state index contributed by atoms with van der Waals surface area (Å²) in [5.41, 5.74) is 6.98. The molecule has 0 saturated carbocycles. The van der Waals surface area contributed by atoms with Crippen LogP contribution < -0.4 is 11.1 Å². The third-order valence-corrected chi connectivity index (χ3v) is 2.02. The smallest absolute Gasteiger partial charge is 0.226 e. The van der Waals surface area contributed by atoms with Crippen molar-refractivity contribution < 1.29 is 9.53 Å². The van der Waals surface area contributed by atoms with E-state index in [0.29, 0.717) is 25.3 Å². The molecule has 1 rings (SSSR count). The van der Waals surface area contributed by atoms with Crippen LogP contribution in [-0.2, 0) is 9.53 Å². The van der Waals surface area contributed by atoms with Crippen LogP contribution in [0.3, 0.4) is 0 Å². The number of benzene rings is 1. The minimum Gasteiger partial charge on any atom is -0.399 e. The number of hydrogen-bond donors (Lipinski definition) is 2. The third-order valence-electron chi connectivity index (χ3n) is 2.02. The molecule has 0 atom stereocenters. The first-order valence-electron chi connectivity index (χ1n) is 5.45. The first kappa shape index (κ1) is 12.5. The molecule has 0 fully saturated rings. The van der Waals surface area contributed by atoms with E-state index in [-0.39, 0.29) is 5.91 Å². The Kier molecular flexibility index (Phi) is 5.36. The molecular weight excluding hydrogens is 204 g/mol. The quantitative estimate of drug-likeness (QED) is 0.571. The summed E-state index contributed by atoms with van der Waals surface area (Å²) < 4.78 is 5.23. The average Bonchev–Trinajstić information content (AvgIpc) is 2.28. The van der Waals surface area contributed by atoms with Gasteiger partial charge in [0.2, 0.25) is 5.91 Å². The lowest BCUT2D eigenvalue weighted by Gasteiger charge is -2.05. The monoisotopic (exact) mass is 222 g/mol. The van der Waals surface area contributed by atoms with Gasteiger partial charge in [0.1, 0.15) is 0 Å². The molecule has 0 bridgehead atoms. The topological polar surface area (TPSA) is 64.3 Å². The zero-order valence-corrected chi connectivity index (χ0v) is 9.53. The van der Waals surface area contributed by atoms with Crippen LogP contribution in [0.1, 0.15) is 19.8 Å². The Morgan fingerprint density at radius 3 is 2.62 bits per heavy atom. The number of nitrogens with one attached hydrogen (secondary N) is 1. The van der Waals surface area contributed by atoms with Gasteiger partial charge in [0, 0.05) is 18.0 Å². The van der Waals surface area contributed by atoms with Crippen molar-refractivity contribution in [3.8, 4) is 0 Å². The molecule has 1 amide bonds. The number of nitrogens with two attached hydrogens (primary N) is 1. The van der Waals surface area contributed by atoms with Gasteiger partial charge < -0.3 is 15.8 Å². The second-order valence-electron chi connectivity index (χ2n) is 3.53. The number of nitrogen functional groups attached to an aromatic ring is 1. The van der Waals surface area contributed by atoms with E-state index in [1.54, 1.807) is 24.3 Å². The largest absolute Gasteiger partial charge is 0.399 e. The van der Waals surface area contributed by atoms with Gasteiger partial charge in [0.15, 0.2) is 0 Å². The highest BCUT2D eigenvalue weighted by molar-refractivity contribution is 5.90. The van der Waals surface area contributed by atoms with Crippen molar-refractivity contribution in [2.45, 2.75) is 19.8 Å². The molecule has 0 saturated heterocycles. The van der Waals surface area contributed by atoms with Crippen molar-refractivity contribution in [2.75, 3.05) is 24.3 Å². The van der Waals surface area contributed by atoms with E-state index < -0.39 is 0 Å². The molecule has 4 nitrogen and oxygen atoms in total. The number of anilines is 2. The van der Waals surface area contributed by atoms with Gasteiger partial charge >= 0.3 is 0 Å². The van der Waals surface area contributed by atoms with Gasteiger partial charge in [-0.2, -0.15) is 0 Å². The summed E-state index contributed by atoms with van der Waals surface area (Å²) in [6, 6.07) is 7.06. The summed E-state index contributed by atoms with van der Waals surface area (Å²) in [5, 5.41) is 2.77. The van der Waals surface area contributed by atoms with Gasteiger partial charge in [-0.05, 0) is 30.7 Å². The van der Waals surface area contributed by atoms with Crippen molar-refractivity contribution in [3.05, 3.63) is 24.3 Å². The van der Waals surface area contributed by atoms with Gasteiger partial charge in [-0.3, -0.25) is 4.79 Å². The van der Waals surface area contributed by atoms with E-state index >= 15 is 0 Å². The Hall–Kier alpha value is -1.55. The van der Waals surface area contributed by atoms with Crippen LogP contribution >= 0.6 is 0 Å². The fourth-order valence-electron chi connectivity index (χ4n) is 1.20. The number of carbonyl (C=O) groups excluding carboxylic acids is 1. The predicted molar refractivity (Wildman–Crippen MR) is 65.2 cm³/mol. The molecule has 0 aliphatic rings. The van der Waals surface area contributed by atoms with Gasteiger partial charge in [-0.1, -0.05) is 6.92 Å². The molecular formula is C12H18N2O2. The second kappa shape index (κ2) is 6.85. The molecule has 0 aliphatic heterocycles. The molecule has 0 unspecified atom stereocenters. The molecule has 0 aromatic heterocycles. The number of rotatable bonds is 6. The number of ether oxygens (including phenoxy) is 1. The molecule has 0 heterocycles. The van der Waals surface area contributed by atoms with Crippen molar-refractivity contribution in [3.63, 3.8) is 0 Å². The predicted octanol–water partition coefficient (Wildman–Crippen LogP) is 2.02. The summed E-state index contributed by atoms with van der Waals surface area (Å²) in [5.74, 6) is -0.0409. The second-order valence-corrected chi connectivity index (χ2v) is 3.53. The Labute approximate surface area is 95.8 Å². The molecule has 4 heteroatoms. The lowest BCUT2D eigenvalue weighted by molar-refractivity contribution is -0.117. The zero-order valence-electron chi connectivity index (χ0n) is 9.53. The summed E-state index contributed by atoms with van der Waals surface area (Å²) >= 11 is 0. The maximum absolute atomic E-state index is 11.4. The summed E-state index contributed by atoms with van der Waals surface area (Å²) in [7, 11) is 0. The first-order valence-corrected chi connectivity index (χ1v) is 5.45. The molecule has 16 heavy (non-hydrogen) atoms. The van der Waals surface area contributed by atoms with E-state index in [1.165, 1.54) is 0 Å². The lowest BCUT2D eigenvalue weighted by atomic mass is 10.3. The maximum Gasteiger partial charge on any atom is 0.226 e. The highest BCUT2D eigenvalue weighted by atomic mass is 16.5. The van der Waals surface area contributed by atoms with E-state index in [2.05, 4.69) is 5.32 Å². The van der Waals surface area contributed by atoms with Crippen LogP contribution in [0, 0.1) is 0 Å². The Balaban J connectivity index is 2.26. The Bertz CT molecular complexity index is 322. The molecule has 0 aliphatic carbocycles. The van der Waals surface area contributed by atoms with Crippen LogP contribution in [-0.4, -0.2) is 19.1 Å². The van der Waals surface area contributed by atoms with Crippen LogP contribution in [0.4, 0.5) is 11.4 Å². The van der Waals surface area contributed by atoms with E-state index in [4.69, 9.17) is 10.5 Å². The summed E-state index contributed by atoms with van der Waals surface area (Å²) in [4.78, 5) is 11.4. The average molecular weight is 222 g/mol. The van der Waals surface area contributed by atoms with E-state index in [9.17, 15) is 4.79 Å². The minimum atomic E-state index is -0.0409. The maximum atomic E-state index is 11.4. The number of hydrogen-bond acceptors (Lipinski definition) is 3. The van der Waals surface area contributed by atoms with Gasteiger partial charge in [0.05, 0.1) is 13.0 Å². The standard InChI is InChI=1S/C12H18N2O2/c1-2-8-16-9-7-12(15)14-11-5-3-10(13)4-6-11/h3-6H,2,7-9,13H2,1H3,(H,14,15). The molecule has 1 aromatic rings. The lowest BCUT2D eigenvalue weighted by Crippen LogP contribution is -2.14. The van der Waals surface area contributed by atoms with Crippen LogP contribution in [0.25, 0.3) is 0 Å². The Morgan fingerprint density at radius 1 is 1.31 bits per heavy atom. The van der Waals surface area contributed by atoms with Crippen molar-refractivity contribution in [1.82, 2.24) is 0 Å². The van der Waals surface area contributed by atoms with Gasteiger partial charge in [0.25, 0.3) is 0 Å². The van der Waals surface area contributed by atoms with E-state index in [0.717, 1.165) is 12.1 Å². The summed E-state index contributed by atoms with van der Waals surface area (Å²) in [6.07, 6.45) is 1.35. The highest BCUT2D eigenvalue weighted by Crippen LogP contribution is 2.10. The first-order chi connectivity index (χ1) is 7.72. The van der Waals surface area contributed by atoms with Crippen LogP contribution in [0.2, 0.25) is 0 Å². The molecule has 1 aromatic carbocycles. The summed E-state index contributed by atoms with van der Waals surface area (Å²) in [6.45, 7) is 3.21. The van der Waals surface area contributed by atoms with Gasteiger partial charge in [-0.15, -0.1) is 0 Å². The third kappa shape index (κ3) is 4.79. The van der Waals surface area contributed by atoms with Crippen molar-refractivity contribution in [2.24, 2.45) is 0 Å². The van der Waals surface area contributed by atoms with Crippen molar-refractivity contribution in [1.29, 1.82) is 0 Å². The molecule has 0 radical (unpaired) electrons. The fourth-order valence-corrected chi connectivity index (χ4v) is 1.20. The Morgan fingerprint density at radius 2 is 2.00 bits per heavy atom. The van der Waals surface area contributed by atoms with E-state index in [1.807, 2.05) is 6.92 Å².